The molecule has 110 valence electrons. The monoisotopic (exact) mass is 289 g/mol. The quantitative estimate of drug-likeness (QED) is 0.869. The van der Waals surface area contributed by atoms with E-state index in [4.69, 9.17) is 5.11 Å². The second-order valence-corrected chi connectivity index (χ2v) is 4.98. The van der Waals surface area contributed by atoms with Crippen molar-refractivity contribution < 1.29 is 14.7 Å². The van der Waals surface area contributed by atoms with Crippen LogP contribution in [0.2, 0.25) is 0 Å². The Morgan fingerprint density at radius 3 is 2.71 bits per heavy atom. The van der Waals surface area contributed by atoms with Crippen LogP contribution in [0.15, 0.2) is 24.5 Å². The highest BCUT2D eigenvalue weighted by Crippen LogP contribution is 2.25. The van der Waals surface area contributed by atoms with Crippen LogP contribution in [-0.2, 0) is 0 Å². The van der Waals surface area contributed by atoms with E-state index in [9.17, 15) is 9.59 Å². The molecule has 0 bridgehead atoms. The molecule has 2 N–H and O–H groups in total. The first-order valence-corrected chi connectivity index (χ1v) is 6.72. The zero-order valence-corrected chi connectivity index (χ0v) is 11.3. The molecule has 1 aliphatic rings. The van der Waals surface area contributed by atoms with Crippen LogP contribution >= 0.6 is 0 Å². The smallest absolute Gasteiger partial charge is 0.352 e. The lowest BCUT2D eigenvalue weighted by molar-refractivity contribution is 0.0647. The van der Waals surface area contributed by atoms with E-state index < -0.39 is 5.97 Å². The second-order valence-electron chi connectivity index (χ2n) is 4.98. The molecular formula is C13H15N5O3. The summed E-state index contributed by atoms with van der Waals surface area (Å²) in [7, 11) is 0. The van der Waals surface area contributed by atoms with Gasteiger partial charge in [-0.05, 0) is 25.0 Å². The molecule has 3 rings (SSSR count). The summed E-state index contributed by atoms with van der Waals surface area (Å²) in [6.07, 6.45) is 4.63. The van der Waals surface area contributed by atoms with Crippen molar-refractivity contribution in [2.45, 2.75) is 18.9 Å². The SMILES string of the molecule is O=C(O)c1cccn1C1CCN(C(=O)c2cn[nH]n2)CC1. The van der Waals surface area contributed by atoms with Gasteiger partial charge >= 0.3 is 5.97 Å². The number of carbonyl (C=O) groups excluding carboxylic acids is 1. The first-order chi connectivity index (χ1) is 10.2. The number of carboxylic acid groups (broad SMARTS) is 1. The van der Waals surface area contributed by atoms with Crippen molar-refractivity contribution in [3.05, 3.63) is 35.9 Å². The summed E-state index contributed by atoms with van der Waals surface area (Å²) < 4.78 is 1.78. The average molecular weight is 289 g/mol. The third kappa shape index (κ3) is 2.51. The van der Waals surface area contributed by atoms with Gasteiger partial charge in [-0.25, -0.2) is 4.79 Å². The molecular weight excluding hydrogens is 274 g/mol. The molecule has 0 aliphatic carbocycles. The molecule has 1 amide bonds. The summed E-state index contributed by atoms with van der Waals surface area (Å²) >= 11 is 0. The molecule has 0 spiro atoms. The van der Waals surface area contributed by atoms with E-state index in [0.29, 0.717) is 18.8 Å². The van der Waals surface area contributed by atoms with Crippen LogP contribution in [0.5, 0.6) is 0 Å². The third-order valence-corrected chi connectivity index (χ3v) is 3.78. The summed E-state index contributed by atoms with van der Waals surface area (Å²) in [5.41, 5.74) is 0.594. The highest BCUT2D eigenvalue weighted by atomic mass is 16.4. The Balaban J connectivity index is 1.66. The molecule has 21 heavy (non-hydrogen) atoms. The number of hydrogen-bond donors (Lipinski definition) is 2. The van der Waals surface area contributed by atoms with E-state index in [1.807, 2.05) is 0 Å². The zero-order chi connectivity index (χ0) is 14.8. The number of likely N-dealkylation sites (tertiary alicyclic amines) is 1. The van der Waals surface area contributed by atoms with E-state index >= 15 is 0 Å². The van der Waals surface area contributed by atoms with Gasteiger partial charge in [0.15, 0.2) is 5.69 Å². The number of piperidine rings is 1. The maximum absolute atomic E-state index is 12.1. The number of carbonyl (C=O) groups is 2. The van der Waals surface area contributed by atoms with Gasteiger partial charge in [-0.2, -0.15) is 15.4 Å². The molecule has 0 unspecified atom stereocenters. The van der Waals surface area contributed by atoms with Crippen molar-refractivity contribution in [2.75, 3.05) is 13.1 Å². The minimum Gasteiger partial charge on any atom is -0.477 e. The van der Waals surface area contributed by atoms with E-state index in [1.165, 1.54) is 6.20 Å². The highest BCUT2D eigenvalue weighted by molar-refractivity contribution is 5.92. The van der Waals surface area contributed by atoms with Gasteiger partial charge in [-0.3, -0.25) is 4.79 Å². The Kier molecular flexibility index (Phi) is 3.43. The molecule has 0 radical (unpaired) electrons. The van der Waals surface area contributed by atoms with Crippen molar-refractivity contribution in [1.29, 1.82) is 0 Å². The molecule has 0 aromatic carbocycles. The normalized spacial score (nSPS) is 16.1. The van der Waals surface area contributed by atoms with Crippen LogP contribution < -0.4 is 0 Å². The van der Waals surface area contributed by atoms with E-state index in [0.717, 1.165) is 12.8 Å². The van der Waals surface area contributed by atoms with Crippen molar-refractivity contribution >= 4 is 11.9 Å². The summed E-state index contributed by atoms with van der Waals surface area (Å²) in [5.74, 6) is -1.07. The number of aromatic amines is 1. The Morgan fingerprint density at radius 2 is 2.10 bits per heavy atom. The topological polar surface area (TPSA) is 104 Å². The molecule has 0 atom stereocenters. The number of aromatic carboxylic acids is 1. The predicted octanol–water partition coefficient (Wildman–Crippen LogP) is 0.782. The molecule has 3 heterocycles. The Bertz CT molecular complexity index is 641. The molecule has 0 saturated carbocycles. The maximum Gasteiger partial charge on any atom is 0.352 e. The molecule has 8 nitrogen and oxygen atoms in total. The number of hydrogen-bond acceptors (Lipinski definition) is 4. The van der Waals surface area contributed by atoms with Crippen LogP contribution in [0, 0.1) is 0 Å². The Hall–Kier alpha value is -2.64. The predicted molar refractivity (Wildman–Crippen MR) is 71.9 cm³/mol. The summed E-state index contributed by atoms with van der Waals surface area (Å²) in [5, 5.41) is 19.0. The minimum absolute atomic E-state index is 0.104. The molecule has 2 aromatic heterocycles. The number of nitrogens with one attached hydrogen (secondary N) is 1. The average Bonchev–Trinajstić information content (AvgIpc) is 3.18. The number of nitrogens with zero attached hydrogens (tertiary/aromatic N) is 4. The van der Waals surface area contributed by atoms with Crippen LogP contribution in [-0.4, -0.2) is 55.0 Å². The molecule has 1 fully saturated rings. The van der Waals surface area contributed by atoms with E-state index in [1.54, 1.807) is 27.8 Å². The van der Waals surface area contributed by atoms with E-state index in [2.05, 4.69) is 15.4 Å². The molecule has 2 aromatic rings. The lowest BCUT2D eigenvalue weighted by atomic mass is 10.0. The maximum atomic E-state index is 12.1. The highest BCUT2D eigenvalue weighted by Gasteiger charge is 2.27. The van der Waals surface area contributed by atoms with Gasteiger partial charge in [0, 0.05) is 25.3 Å². The van der Waals surface area contributed by atoms with Crippen LogP contribution in [0.1, 0.15) is 39.9 Å². The van der Waals surface area contributed by atoms with Crippen LogP contribution in [0.3, 0.4) is 0 Å². The lowest BCUT2D eigenvalue weighted by Crippen LogP contribution is -2.39. The van der Waals surface area contributed by atoms with Gasteiger partial charge in [0.25, 0.3) is 5.91 Å². The minimum atomic E-state index is -0.930. The van der Waals surface area contributed by atoms with Crippen molar-refractivity contribution in [2.24, 2.45) is 0 Å². The van der Waals surface area contributed by atoms with Gasteiger partial charge in [-0.1, -0.05) is 0 Å². The zero-order valence-electron chi connectivity index (χ0n) is 11.3. The van der Waals surface area contributed by atoms with Crippen molar-refractivity contribution in [3.8, 4) is 0 Å². The lowest BCUT2D eigenvalue weighted by Gasteiger charge is -2.32. The fraction of sp³-hybridized carbons (Fsp3) is 0.385. The Morgan fingerprint density at radius 1 is 1.33 bits per heavy atom. The number of aromatic nitrogens is 4. The van der Waals surface area contributed by atoms with Gasteiger partial charge in [0.05, 0.1) is 6.20 Å². The van der Waals surface area contributed by atoms with Crippen molar-refractivity contribution in [3.63, 3.8) is 0 Å². The Labute approximate surface area is 120 Å². The second kappa shape index (κ2) is 5.39. The largest absolute Gasteiger partial charge is 0.477 e. The molecule has 1 aliphatic heterocycles. The number of carboxylic acids is 1. The van der Waals surface area contributed by atoms with Gasteiger partial charge in [0.1, 0.15) is 5.69 Å². The third-order valence-electron chi connectivity index (χ3n) is 3.78. The van der Waals surface area contributed by atoms with Crippen molar-refractivity contribution in [1.82, 2.24) is 24.9 Å². The van der Waals surface area contributed by atoms with E-state index in [-0.39, 0.29) is 17.6 Å². The summed E-state index contributed by atoms with van der Waals surface area (Å²) in [6.45, 7) is 1.15. The summed E-state index contributed by atoms with van der Waals surface area (Å²) in [6, 6.07) is 3.43. The van der Waals surface area contributed by atoms with Crippen LogP contribution in [0.4, 0.5) is 0 Å². The van der Waals surface area contributed by atoms with Gasteiger partial charge < -0.3 is 14.6 Å². The number of H-pyrrole nitrogens is 1. The fourth-order valence-electron chi connectivity index (χ4n) is 2.71. The van der Waals surface area contributed by atoms with Gasteiger partial charge in [-0.15, -0.1) is 0 Å². The standard InChI is InChI=1S/C13H15N5O3/c19-12(10-8-14-16-15-10)17-6-3-9(4-7-17)18-5-1-2-11(18)13(20)21/h1-2,5,8-9H,3-4,6-7H2,(H,20,21)(H,14,15,16). The molecule has 1 saturated heterocycles. The first-order valence-electron chi connectivity index (χ1n) is 6.72. The van der Waals surface area contributed by atoms with Gasteiger partial charge in [0.2, 0.25) is 0 Å². The van der Waals surface area contributed by atoms with Crippen LogP contribution in [0.25, 0.3) is 0 Å². The number of rotatable bonds is 3. The molecule has 8 heteroatoms. The number of amides is 1. The fourth-order valence-corrected chi connectivity index (χ4v) is 2.71. The first kappa shape index (κ1) is 13.3. The summed E-state index contributed by atoms with van der Waals surface area (Å²) in [4.78, 5) is 25.0.